The van der Waals surface area contributed by atoms with Crippen molar-refractivity contribution >= 4 is 17.5 Å². The standard InChI is InChI=1S/C20H26ClN3O4/c1-13(24-14(2)25)9-26-16-7-15(8-16)10-27-19-18(21)17(3-6-23-19)28-12-20(11-22)4-5-20/h3,6,13,15-16H,4-5,7-10,12H2,1-2H3,(H,24,25)/t13-,15-,16-/m0/s1. The number of hydrogen-bond acceptors (Lipinski definition) is 6. The molecule has 1 atom stereocenters. The van der Waals surface area contributed by atoms with Crippen LogP contribution in [0.25, 0.3) is 0 Å². The van der Waals surface area contributed by atoms with Gasteiger partial charge in [-0.1, -0.05) is 11.6 Å². The summed E-state index contributed by atoms with van der Waals surface area (Å²) in [4.78, 5) is 15.2. The molecule has 0 unspecified atom stereocenters. The van der Waals surface area contributed by atoms with Crippen LogP contribution in [0.15, 0.2) is 12.3 Å². The van der Waals surface area contributed by atoms with Crippen molar-refractivity contribution in [3.63, 3.8) is 0 Å². The fraction of sp³-hybridized carbons (Fsp3) is 0.650. The number of carbonyl (C=O) groups excluding carboxylic acids is 1. The Bertz CT molecular complexity index is 741. The first-order chi connectivity index (χ1) is 13.4. The minimum absolute atomic E-state index is 0.00866. The van der Waals surface area contributed by atoms with Crippen LogP contribution in [0, 0.1) is 22.7 Å². The second-order valence-corrected chi connectivity index (χ2v) is 8.19. The zero-order valence-electron chi connectivity index (χ0n) is 16.2. The number of nitriles is 1. The van der Waals surface area contributed by atoms with E-state index in [0.717, 1.165) is 25.7 Å². The molecular formula is C20H26ClN3O4. The quantitative estimate of drug-likeness (QED) is 0.640. The molecule has 0 radical (unpaired) electrons. The molecule has 1 amide bonds. The third-order valence-corrected chi connectivity index (χ3v) is 5.44. The third kappa shape index (κ3) is 5.49. The van der Waals surface area contributed by atoms with E-state index in [0.29, 0.717) is 42.4 Å². The number of halogens is 1. The van der Waals surface area contributed by atoms with Crippen LogP contribution >= 0.6 is 11.6 Å². The summed E-state index contributed by atoms with van der Waals surface area (Å²) in [5, 5.41) is 12.3. The van der Waals surface area contributed by atoms with Gasteiger partial charge in [0.25, 0.3) is 0 Å². The zero-order valence-corrected chi connectivity index (χ0v) is 17.0. The minimum atomic E-state index is -0.355. The highest BCUT2D eigenvalue weighted by atomic mass is 35.5. The molecule has 1 aromatic heterocycles. The third-order valence-electron chi connectivity index (χ3n) is 5.10. The van der Waals surface area contributed by atoms with Crippen molar-refractivity contribution in [1.29, 1.82) is 5.26 Å². The van der Waals surface area contributed by atoms with Crippen molar-refractivity contribution in [2.45, 2.75) is 51.7 Å². The molecule has 0 spiro atoms. The fourth-order valence-corrected chi connectivity index (χ4v) is 3.31. The Hall–Kier alpha value is -2.04. The van der Waals surface area contributed by atoms with Crippen LogP contribution in [0.1, 0.15) is 39.5 Å². The highest BCUT2D eigenvalue weighted by molar-refractivity contribution is 6.33. The van der Waals surface area contributed by atoms with Crippen LogP contribution in [0.3, 0.4) is 0 Å². The van der Waals surface area contributed by atoms with Gasteiger partial charge in [0.1, 0.15) is 17.4 Å². The number of carbonyl (C=O) groups is 1. The number of ether oxygens (including phenoxy) is 3. The lowest BCUT2D eigenvalue weighted by Gasteiger charge is -2.35. The smallest absolute Gasteiger partial charge is 0.236 e. The van der Waals surface area contributed by atoms with Gasteiger partial charge in [-0.25, -0.2) is 4.98 Å². The Kier molecular flexibility index (Phi) is 6.63. The van der Waals surface area contributed by atoms with Crippen molar-refractivity contribution in [1.82, 2.24) is 10.3 Å². The zero-order chi connectivity index (χ0) is 20.1. The molecule has 3 rings (SSSR count). The van der Waals surface area contributed by atoms with Crippen molar-refractivity contribution < 1.29 is 19.0 Å². The second-order valence-electron chi connectivity index (χ2n) is 7.81. The molecule has 1 aromatic rings. The first-order valence-electron chi connectivity index (χ1n) is 9.61. The molecule has 7 nitrogen and oxygen atoms in total. The Balaban J connectivity index is 1.38. The van der Waals surface area contributed by atoms with Gasteiger partial charge in [-0.15, -0.1) is 0 Å². The molecule has 0 bridgehead atoms. The number of pyridine rings is 1. The van der Waals surface area contributed by atoms with Gasteiger partial charge < -0.3 is 19.5 Å². The SMILES string of the molecule is CC(=O)N[C@@H](C)CO[C@H]1C[C@H](COc2nccc(OCC3(C#N)CC3)c2Cl)C1. The normalized spacial score (nSPS) is 23.1. The lowest BCUT2D eigenvalue weighted by atomic mass is 9.83. The van der Waals surface area contributed by atoms with Crippen molar-refractivity contribution in [3.05, 3.63) is 17.3 Å². The number of hydrogen-bond donors (Lipinski definition) is 1. The summed E-state index contributed by atoms with van der Waals surface area (Å²) in [6, 6.07) is 3.99. The van der Waals surface area contributed by atoms with Crippen LogP contribution in [0.2, 0.25) is 5.02 Å². The molecule has 2 fully saturated rings. The van der Waals surface area contributed by atoms with Gasteiger partial charge in [-0.2, -0.15) is 5.26 Å². The average Bonchev–Trinajstić information content (AvgIpc) is 3.40. The number of aromatic nitrogens is 1. The summed E-state index contributed by atoms with van der Waals surface area (Å²) in [6.45, 7) is 4.78. The van der Waals surface area contributed by atoms with E-state index in [1.165, 1.54) is 6.92 Å². The molecule has 2 aliphatic rings. The first-order valence-corrected chi connectivity index (χ1v) is 9.98. The van der Waals surface area contributed by atoms with E-state index in [1.54, 1.807) is 12.3 Å². The maximum absolute atomic E-state index is 11.0. The van der Waals surface area contributed by atoms with Crippen LogP contribution in [0.4, 0.5) is 0 Å². The number of amides is 1. The molecular weight excluding hydrogens is 382 g/mol. The first kappa shape index (κ1) is 20.7. The summed E-state index contributed by atoms with van der Waals surface area (Å²) in [7, 11) is 0. The molecule has 28 heavy (non-hydrogen) atoms. The Labute approximate surface area is 170 Å². The fourth-order valence-electron chi connectivity index (χ4n) is 3.09. The van der Waals surface area contributed by atoms with E-state index >= 15 is 0 Å². The van der Waals surface area contributed by atoms with E-state index in [4.69, 9.17) is 31.1 Å². The predicted octanol–water partition coefficient (Wildman–Crippen LogP) is 3.12. The molecule has 152 valence electrons. The predicted molar refractivity (Wildman–Crippen MR) is 103 cm³/mol. The van der Waals surface area contributed by atoms with E-state index in [-0.39, 0.29) is 23.5 Å². The average molecular weight is 408 g/mol. The van der Waals surface area contributed by atoms with Crippen LogP contribution in [-0.2, 0) is 9.53 Å². The molecule has 1 N–H and O–H groups in total. The summed E-state index contributed by atoms with van der Waals surface area (Å²) in [5.41, 5.74) is -0.355. The van der Waals surface area contributed by atoms with E-state index < -0.39 is 0 Å². The van der Waals surface area contributed by atoms with Gasteiger partial charge in [0.15, 0.2) is 0 Å². The Morgan fingerprint density at radius 3 is 2.86 bits per heavy atom. The molecule has 0 aromatic carbocycles. The largest absolute Gasteiger partial charge is 0.490 e. The minimum Gasteiger partial charge on any atom is -0.490 e. The molecule has 1 heterocycles. The lowest BCUT2D eigenvalue weighted by Crippen LogP contribution is -2.40. The topological polar surface area (TPSA) is 93.5 Å². The van der Waals surface area contributed by atoms with Gasteiger partial charge in [0.05, 0.1) is 30.8 Å². The van der Waals surface area contributed by atoms with E-state index in [1.807, 2.05) is 6.92 Å². The molecule has 2 saturated carbocycles. The van der Waals surface area contributed by atoms with Crippen molar-refractivity contribution in [2.24, 2.45) is 11.3 Å². The van der Waals surface area contributed by atoms with Crippen molar-refractivity contribution in [2.75, 3.05) is 19.8 Å². The van der Waals surface area contributed by atoms with Crippen LogP contribution < -0.4 is 14.8 Å². The van der Waals surface area contributed by atoms with Crippen LogP contribution in [-0.4, -0.2) is 42.9 Å². The highest BCUT2D eigenvalue weighted by Crippen LogP contribution is 2.45. The monoisotopic (exact) mass is 407 g/mol. The summed E-state index contributed by atoms with van der Waals surface area (Å²) < 4.78 is 17.3. The Morgan fingerprint density at radius 1 is 1.46 bits per heavy atom. The van der Waals surface area contributed by atoms with E-state index in [9.17, 15) is 4.79 Å². The maximum atomic E-state index is 11.0. The maximum Gasteiger partial charge on any atom is 0.236 e. The summed E-state index contributed by atoms with van der Waals surface area (Å²) in [6.07, 6.45) is 5.34. The van der Waals surface area contributed by atoms with Gasteiger partial charge >= 0.3 is 0 Å². The highest BCUT2D eigenvalue weighted by Gasteiger charge is 2.44. The molecule has 2 aliphatic carbocycles. The molecule has 0 saturated heterocycles. The van der Waals surface area contributed by atoms with Gasteiger partial charge in [0.2, 0.25) is 11.8 Å². The number of rotatable bonds is 10. The van der Waals surface area contributed by atoms with Crippen LogP contribution in [0.5, 0.6) is 11.6 Å². The van der Waals surface area contributed by atoms with Gasteiger partial charge in [-0.3, -0.25) is 4.79 Å². The van der Waals surface area contributed by atoms with E-state index in [2.05, 4.69) is 16.4 Å². The number of nitrogens with zero attached hydrogens (tertiary/aromatic N) is 2. The second kappa shape index (κ2) is 8.97. The molecule has 0 aliphatic heterocycles. The van der Waals surface area contributed by atoms with Gasteiger partial charge in [0, 0.05) is 25.2 Å². The summed E-state index contributed by atoms with van der Waals surface area (Å²) >= 11 is 6.35. The van der Waals surface area contributed by atoms with Crippen molar-refractivity contribution in [3.8, 4) is 17.7 Å². The number of nitrogens with one attached hydrogen (secondary N) is 1. The lowest BCUT2D eigenvalue weighted by molar-refractivity contribution is -0.120. The molecule has 8 heteroatoms. The Morgan fingerprint density at radius 2 is 2.21 bits per heavy atom. The summed E-state index contributed by atoms with van der Waals surface area (Å²) in [5.74, 6) is 1.18. The van der Waals surface area contributed by atoms with Gasteiger partial charge in [-0.05, 0) is 38.5 Å².